The van der Waals surface area contributed by atoms with Crippen LogP contribution in [-0.2, 0) is 6.42 Å². The van der Waals surface area contributed by atoms with Crippen molar-refractivity contribution in [2.24, 2.45) is 5.73 Å². The third kappa shape index (κ3) is 3.32. The highest BCUT2D eigenvalue weighted by Gasteiger charge is 2.08. The van der Waals surface area contributed by atoms with Crippen molar-refractivity contribution >= 4 is 11.8 Å². The number of halogens is 2. The van der Waals surface area contributed by atoms with Crippen molar-refractivity contribution in [2.45, 2.75) is 17.1 Å². The van der Waals surface area contributed by atoms with Crippen molar-refractivity contribution in [1.82, 2.24) is 0 Å². The maximum atomic E-state index is 12.1. The number of hydrogen-bond acceptors (Lipinski definition) is 2. The van der Waals surface area contributed by atoms with E-state index in [1.54, 1.807) is 12.1 Å². The first-order valence-corrected chi connectivity index (χ1v) is 4.85. The fraction of sp³-hybridized carbons (Fsp3) is 0.333. The van der Waals surface area contributed by atoms with Gasteiger partial charge in [-0.15, -0.1) is 0 Å². The molecular weight excluding hydrogens is 192 g/mol. The Kier molecular flexibility index (Phi) is 4.18. The fourth-order valence-corrected chi connectivity index (χ4v) is 1.75. The summed E-state index contributed by atoms with van der Waals surface area (Å²) in [5.74, 6) is -2.36. The molecule has 0 heterocycles. The van der Waals surface area contributed by atoms with E-state index in [0.717, 1.165) is 5.56 Å². The highest BCUT2D eigenvalue weighted by atomic mass is 32.2. The van der Waals surface area contributed by atoms with Crippen molar-refractivity contribution in [3.05, 3.63) is 29.8 Å². The Hall–Kier alpha value is -0.610. The molecule has 72 valence electrons. The molecule has 4 heteroatoms. The highest BCUT2D eigenvalue weighted by molar-refractivity contribution is 7.99. The van der Waals surface area contributed by atoms with Gasteiger partial charge in [-0.25, -0.2) is 0 Å². The molecule has 2 N–H and O–H groups in total. The van der Waals surface area contributed by atoms with Gasteiger partial charge in [-0.1, -0.05) is 30.0 Å². The lowest BCUT2D eigenvalue weighted by molar-refractivity contribution is 0.252. The Morgan fingerprint density at radius 1 is 1.31 bits per heavy atom. The van der Waals surface area contributed by atoms with Crippen LogP contribution in [0.2, 0.25) is 0 Å². The number of benzene rings is 1. The molecule has 0 aliphatic carbocycles. The van der Waals surface area contributed by atoms with Gasteiger partial charge in [-0.05, 0) is 24.6 Å². The minimum Gasteiger partial charge on any atom is -0.330 e. The summed E-state index contributed by atoms with van der Waals surface area (Å²) in [6, 6.07) is 7.12. The van der Waals surface area contributed by atoms with Gasteiger partial charge in [-0.3, -0.25) is 0 Å². The first kappa shape index (κ1) is 10.5. The second-order valence-corrected chi connectivity index (χ2v) is 3.56. The molecule has 0 aliphatic heterocycles. The van der Waals surface area contributed by atoms with E-state index in [9.17, 15) is 8.78 Å². The molecule has 0 amide bonds. The van der Waals surface area contributed by atoms with Crippen molar-refractivity contribution in [3.8, 4) is 0 Å². The molecule has 1 rings (SSSR count). The van der Waals surface area contributed by atoms with Crippen LogP contribution in [0.25, 0.3) is 0 Å². The Balaban J connectivity index is 2.78. The lowest BCUT2D eigenvalue weighted by Crippen LogP contribution is -2.03. The number of alkyl halides is 2. The fourth-order valence-electron chi connectivity index (χ4n) is 1.08. The predicted molar refractivity (Wildman–Crippen MR) is 51.1 cm³/mol. The summed E-state index contributed by atoms with van der Waals surface area (Å²) in [7, 11) is 0. The second-order valence-electron chi connectivity index (χ2n) is 2.52. The summed E-state index contributed by atoms with van der Waals surface area (Å²) in [6.45, 7) is 0.487. The first-order chi connectivity index (χ1) is 6.24. The Morgan fingerprint density at radius 3 is 2.62 bits per heavy atom. The molecule has 1 aromatic rings. The molecule has 0 spiro atoms. The van der Waals surface area contributed by atoms with Crippen LogP contribution >= 0.6 is 11.8 Å². The maximum absolute atomic E-state index is 12.1. The van der Waals surface area contributed by atoms with Gasteiger partial charge in [0.15, 0.2) is 0 Å². The first-order valence-electron chi connectivity index (χ1n) is 3.97. The van der Waals surface area contributed by atoms with Crippen molar-refractivity contribution in [1.29, 1.82) is 0 Å². The van der Waals surface area contributed by atoms with Crippen LogP contribution in [0.5, 0.6) is 0 Å². The molecule has 1 aromatic carbocycles. The molecule has 13 heavy (non-hydrogen) atoms. The molecule has 0 bridgehead atoms. The minimum absolute atomic E-state index is 0.487. The Morgan fingerprint density at radius 2 is 2.00 bits per heavy atom. The number of rotatable bonds is 4. The molecule has 0 saturated heterocycles. The lowest BCUT2D eigenvalue weighted by atomic mass is 10.1. The standard InChI is InChI=1S/C9H11F2NS/c10-9(11)13-8-4-2-1-3-7(8)5-6-12/h1-4,9H,5-6,12H2. The number of hydrogen-bond donors (Lipinski definition) is 1. The predicted octanol–water partition coefficient (Wildman–Crippen LogP) is 2.50. The largest absolute Gasteiger partial charge is 0.330 e. The average Bonchev–Trinajstić information content (AvgIpc) is 2.08. The average molecular weight is 203 g/mol. The van der Waals surface area contributed by atoms with Gasteiger partial charge in [0.1, 0.15) is 0 Å². The van der Waals surface area contributed by atoms with E-state index in [1.807, 2.05) is 12.1 Å². The summed E-state index contributed by atoms with van der Waals surface area (Å²) >= 11 is 0.576. The summed E-state index contributed by atoms with van der Waals surface area (Å²) in [6.07, 6.45) is 0.649. The van der Waals surface area contributed by atoms with E-state index in [-0.39, 0.29) is 0 Å². The monoisotopic (exact) mass is 203 g/mol. The van der Waals surface area contributed by atoms with Crippen LogP contribution in [0.1, 0.15) is 5.56 Å². The Labute approximate surface area is 80.3 Å². The van der Waals surface area contributed by atoms with E-state index in [4.69, 9.17) is 5.73 Å². The van der Waals surface area contributed by atoms with E-state index in [2.05, 4.69) is 0 Å². The molecule has 0 fully saturated rings. The van der Waals surface area contributed by atoms with Crippen LogP contribution in [0.15, 0.2) is 29.2 Å². The molecule has 0 aliphatic rings. The molecule has 1 nitrogen and oxygen atoms in total. The van der Waals surface area contributed by atoms with E-state index < -0.39 is 5.76 Å². The van der Waals surface area contributed by atoms with Gasteiger partial charge < -0.3 is 5.73 Å². The maximum Gasteiger partial charge on any atom is 0.288 e. The van der Waals surface area contributed by atoms with E-state index >= 15 is 0 Å². The van der Waals surface area contributed by atoms with E-state index in [1.165, 1.54) is 0 Å². The van der Waals surface area contributed by atoms with Crippen molar-refractivity contribution in [2.75, 3.05) is 6.54 Å². The lowest BCUT2D eigenvalue weighted by Gasteiger charge is -2.06. The van der Waals surface area contributed by atoms with Gasteiger partial charge in [0.05, 0.1) is 0 Å². The SMILES string of the molecule is NCCc1ccccc1SC(F)F. The zero-order valence-electron chi connectivity index (χ0n) is 7.04. The van der Waals surface area contributed by atoms with Gasteiger partial charge in [0, 0.05) is 4.90 Å². The van der Waals surface area contributed by atoms with Crippen molar-refractivity contribution < 1.29 is 8.78 Å². The Bertz CT molecular complexity index is 266. The van der Waals surface area contributed by atoms with Crippen LogP contribution < -0.4 is 5.73 Å². The van der Waals surface area contributed by atoms with E-state index in [0.29, 0.717) is 29.6 Å². The highest BCUT2D eigenvalue weighted by Crippen LogP contribution is 2.28. The molecule has 0 saturated carbocycles. The summed E-state index contributed by atoms with van der Waals surface area (Å²) < 4.78 is 24.1. The van der Waals surface area contributed by atoms with Crippen molar-refractivity contribution in [3.63, 3.8) is 0 Å². The quantitative estimate of drug-likeness (QED) is 0.761. The van der Waals surface area contributed by atoms with Gasteiger partial charge >= 0.3 is 0 Å². The molecule has 0 aromatic heterocycles. The third-order valence-electron chi connectivity index (χ3n) is 1.60. The number of thioether (sulfide) groups is 1. The normalized spacial score (nSPS) is 10.8. The zero-order chi connectivity index (χ0) is 9.68. The van der Waals surface area contributed by atoms with Gasteiger partial charge in [0.2, 0.25) is 0 Å². The topological polar surface area (TPSA) is 26.0 Å². The molecule has 0 unspecified atom stereocenters. The van der Waals surface area contributed by atoms with Crippen LogP contribution in [0.3, 0.4) is 0 Å². The summed E-state index contributed by atoms with van der Waals surface area (Å²) in [4.78, 5) is 0.628. The number of nitrogens with two attached hydrogens (primary N) is 1. The second kappa shape index (κ2) is 5.19. The van der Waals surface area contributed by atoms with Crippen LogP contribution in [0.4, 0.5) is 8.78 Å². The molecule has 0 atom stereocenters. The summed E-state index contributed by atoms with van der Waals surface area (Å²) in [5, 5.41) is 0. The van der Waals surface area contributed by atoms with Gasteiger partial charge in [0.25, 0.3) is 5.76 Å². The van der Waals surface area contributed by atoms with Crippen LogP contribution in [0, 0.1) is 0 Å². The molecule has 0 radical (unpaired) electrons. The smallest absolute Gasteiger partial charge is 0.288 e. The molecular formula is C9H11F2NS. The third-order valence-corrected chi connectivity index (χ3v) is 2.43. The summed E-state index contributed by atoms with van der Waals surface area (Å²) in [5.41, 5.74) is 6.26. The zero-order valence-corrected chi connectivity index (χ0v) is 7.86. The van der Waals surface area contributed by atoms with Gasteiger partial charge in [-0.2, -0.15) is 8.78 Å². The minimum atomic E-state index is -2.36. The van der Waals surface area contributed by atoms with Crippen LogP contribution in [-0.4, -0.2) is 12.3 Å².